The van der Waals surface area contributed by atoms with Crippen molar-refractivity contribution in [3.63, 3.8) is 0 Å². The first-order valence-corrected chi connectivity index (χ1v) is 22.0. The van der Waals surface area contributed by atoms with Crippen LogP contribution in [0.25, 0.3) is 32.9 Å². The number of imidazole rings is 1. The Balaban J connectivity index is 0.947. The first-order chi connectivity index (χ1) is 29.9. The fraction of sp³-hybridized carbons (Fsp3) is 0.543. The number of rotatable bonds is 9. The van der Waals surface area contributed by atoms with E-state index in [9.17, 15) is 32.3 Å². The number of H-pyrrole nitrogens is 1. The zero-order valence-corrected chi connectivity index (χ0v) is 36.7. The molecule has 17 heteroatoms. The van der Waals surface area contributed by atoms with Crippen LogP contribution < -0.4 is 15.4 Å². The maximum Gasteiger partial charge on any atom is 0.573 e. The number of piperidine rings is 1. The summed E-state index contributed by atoms with van der Waals surface area (Å²) in [5, 5.41) is 6.94. The van der Waals surface area contributed by atoms with E-state index in [1.165, 1.54) is 19.2 Å². The predicted molar refractivity (Wildman–Crippen MR) is 232 cm³/mol. The Morgan fingerprint density at radius 1 is 0.937 bits per heavy atom. The van der Waals surface area contributed by atoms with E-state index in [0.29, 0.717) is 62.1 Å². The van der Waals surface area contributed by atoms with E-state index in [0.717, 1.165) is 48.6 Å². The Morgan fingerprint density at radius 3 is 2.30 bits per heavy atom. The van der Waals surface area contributed by atoms with E-state index in [-0.39, 0.29) is 52.3 Å². The number of halogens is 3. The van der Waals surface area contributed by atoms with Gasteiger partial charge in [-0.1, -0.05) is 52.8 Å². The Morgan fingerprint density at radius 2 is 1.65 bits per heavy atom. The Bertz CT molecular complexity index is 2390. The number of urea groups is 1. The molecule has 4 aliphatic rings. The lowest BCUT2D eigenvalue weighted by Gasteiger charge is -2.42. The van der Waals surface area contributed by atoms with Gasteiger partial charge in [-0.3, -0.25) is 14.5 Å². The third-order valence-corrected chi connectivity index (χ3v) is 13.5. The topological polar surface area (TPSA) is 152 Å². The number of aromatic nitrogens is 2. The second-order valence-electron chi connectivity index (χ2n) is 18.7. The third-order valence-electron chi connectivity index (χ3n) is 13.5. The van der Waals surface area contributed by atoms with Gasteiger partial charge in [0.2, 0.25) is 11.8 Å². The van der Waals surface area contributed by atoms with Crippen molar-refractivity contribution in [2.75, 3.05) is 58.2 Å². The van der Waals surface area contributed by atoms with E-state index >= 15 is 0 Å². The summed E-state index contributed by atoms with van der Waals surface area (Å²) in [4.78, 5) is 68.4. The van der Waals surface area contributed by atoms with Gasteiger partial charge in [-0.2, -0.15) is 0 Å². The highest BCUT2D eigenvalue weighted by molar-refractivity contribution is 6.05. The second kappa shape index (κ2) is 17.2. The minimum atomic E-state index is -4.99. The van der Waals surface area contributed by atoms with Gasteiger partial charge in [0.15, 0.2) is 0 Å². The fourth-order valence-corrected chi connectivity index (χ4v) is 9.67. The summed E-state index contributed by atoms with van der Waals surface area (Å²) >= 11 is 0. The van der Waals surface area contributed by atoms with Crippen LogP contribution in [0.15, 0.2) is 48.5 Å². The monoisotopic (exact) mass is 874 g/mol. The first kappa shape index (κ1) is 44.0. The number of benzene rings is 3. The summed E-state index contributed by atoms with van der Waals surface area (Å²) in [5.74, 6) is 0.316. The van der Waals surface area contributed by atoms with Gasteiger partial charge in [-0.15, -0.1) is 13.2 Å². The number of hydrogen-bond acceptors (Lipinski definition) is 8. The van der Waals surface area contributed by atoms with Crippen molar-refractivity contribution in [1.29, 1.82) is 0 Å². The van der Waals surface area contributed by atoms with Gasteiger partial charge in [-0.25, -0.2) is 14.6 Å². The molecule has 4 unspecified atom stereocenters. The average Bonchev–Trinajstić information content (AvgIpc) is 3.51. The highest BCUT2D eigenvalue weighted by atomic mass is 19.4. The maximum absolute atomic E-state index is 13.9. The van der Waals surface area contributed by atoms with Crippen LogP contribution in [0.5, 0.6) is 5.75 Å². The number of ether oxygens (including phenoxy) is 2. The molecule has 5 amide bonds. The van der Waals surface area contributed by atoms with Crippen LogP contribution in [0.4, 0.5) is 28.4 Å². The molecule has 3 N–H and O–H groups in total. The predicted octanol–water partition coefficient (Wildman–Crippen LogP) is 7.76. The molecule has 0 radical (unpaired) electrons. The van der Waals surface area contributed by atoms with E-state index in [2.05, 4.69) is 46.0 Å². The van der Waals surface area contributed by atoms with Crippen molar-refractivity contribution >= 4 is 51.4 Å². The van der Waals surface area contributed by atoms with E-state index in [1.807, 2.05) is 30.9 Å². The number of methoxy groups -OCH3 is 1. The van der Waals surface area contributed by atoms with Gasteiger partial charge in [0.1, 0.15) is 17.6 Å². The molecule has 0 bridgehead atoms. The molecule has 63 heavy (non-hydrogen) atoms. The van der Waals surface area contributed by atoms with E-state index < -0.39 is 30.3 Å². The highest BCUT2D eigenvalue weighted by Crippen LogP contribution is 2.52. The SMILES string of the molecule is COC(=O)NC(C(=O)N1CC(C)CC1c1nc2c(ccc3cc(-c4ccc(NC(=O)N5CCN(C6CCN(C(=O)C7CC7(C)C)CC6)CC5)cc4OC(F)(F)F)ccc32)[nH]1)C(C)C. The third kappa shape index (κ3) is 9.39. The molecule has 1 saturated carbocycles. The lowest BCUT2D eigenvalue weighted by atomic mass is 9.99. The van der Waals surface area contributed by atoms with Crippen LogP contribution >= 0.6 is 0 Å². The van der Waals surface area contributed by atoms with Crippen molar-refractivity contribution < 1.29 is 41.8 Å². The fourth-order valence-electron chi connectivity index (χ4n) is 9.67. The number of aromatic amines is 1. The molecule has 1 aliphatic carbocycles. The van der Waals surface area contributed by atoms with Gasteiger partial charge in [0, 0.05) is 80.5 Å². The number of carbonyl (C=O) groups is 4. The molecule has 8 rings (SSSR count). The van der Waals surface area contributed by atoms with Crippen LogP contribution in [0.1, 0.15) is 72.2 Å². The zero-order valence-electron chi connectivity index (χ0n) is 36.7. The number of fused-ring (bicyclic) bond motifs is 3. The Hall–Kier alpha value is -5.58. The Labute approximate surface area is 364 Å². The highest BCUT2D eigenvalue weighted by Gasteiger charge is 2.52. The molecule has 0 spiro atoms. The molecule has 3 aliphatic heterocycles. The number of likely N-dealkylation sites (tertiary alicyclic amines) is 2. The molecule has 4 fully saturated rings. The molecule has 4 aromatic rings. The van der Waals surface area contributed by atoms with Gasteiger partial charge in [0.25, 0.3) is 0 Å². The van der Waals surface area contributed by atoms with Gasteiger partial charge in [0.05, 0.1) is 24.2 Å². The lowest BCUT2D eigenvalue weighted by molar-refractivity contribution is -0.274. The molecule has 3 saturated heterocycles. The molecule has 4 atom stereocenters. The molecule has 4 heterocycles. The van der Waals surface area contributed by atoms with Crippen LogP contribution in [0, 0.1) is 23.2 Å². The van der Waals surface area contributed by atoms with Gasteiger partial charge < -0.3 is 39.8 Å². The molecule has 1 aromatic heterocycles. The second-order valence-corrected chi connectivity index (χ2v) is 18.7. The minimum Gasteiger partial charge on any atom is -0.453 e. The number of anilines is 1. The summed E-state index contributed by atoms with van der Waals surface area (Å²) in [6, 6.07) is 12.0. The number of nitrogens with zero attached hydrogens (tertiary/aromatic N) is 5. The largest absolute Gasteiger partial charge is 0.573 e. The number of alkyl halides is 3. The van der Waals surface area contributed by atoms with E-state index in [1.54, 1.807) is 34.1 Å². The van der Waals surface area contributed by atoms with E-state index in [4.69, 9.17) is 9.72 Å². The molecular formula is C46H57F3N8O6. The summed E-state index contributed by atoms with van der Waals surface area (Å²) in [6.45, 7) is 14.3. The standard InChI is InChI=1S/C46H57F3N8O6/c1-26(2)38(53-44(61)62-6)42(59)57-25-27(3)21-36(57)40-51-35-12-8-29-22-28(7-10-33(29)39(35)52-40)32-11-9-30(23-37(32)63-46(47,48)49)50-43(60)56-19-17-54(18-20-56)31-13-15-55(16-14-31)41(58)34-24-45(34,4)5/h7-12,22-23,26-27,31,34,36,38H,13-21,24-25H2,1-6H3,(H,50,60)(H,51,52)(H,53,61). The van der Waals surface area contributed by atoms with Crippen molar-refractivity contribution in [2.24, 2.45) is 23.2 Å². The van der Waals surface area contributed by atoms with Crippen LogP contribution in [-0.2, 0) is 14.3 Å². The molecule has 338 valence electrons. The van der Waals surface area contributed by atoms with Crippen molar-refractivity contribution in [2.45, 2.75) is 84.8 Å². The maximum atomic E-state index is 13.9. The zero-order chi connectivity index (χ0) is 45.0. The normalized spacial score (nSPS) is 22.4. The van der Waals surface area contributed by atoms with Gasteiger partial charge in [-0.05, 0) is 78.1 Å². The summed E-state index contributed by atoms with van der Waals surface area (Å²) < 4.78 is 50.9. The van der Waals surface area contributed by atoms with Crippen LogP contribution in [-0.4, -0.2) is 125 Å². The quantitative estimate of drug-likeness (QED) is 0.154. The smallest absolute Gasteiger partial charge is 0.453 e. The number of amides is 5. The minimum absolute atomic E-state index is 0.107. The van der Waals surface area contributed by atoms with Crippen molar-refractivity contribution in [1.82, 2.24) is 34.9 Å². The molecular weight excluding hydrogens is 818 g/mol. The average molecular weight is 875 g/mol. The summed E-state index contributed by atoms with van der Waals surface area (Å²) in [5.41, 5.74) is 2.32. The lowest BCUT2D eigenvalue weighted by Crippen LogP contribution is -2.55. The van der Waals surface area contributed by atoms with Crippen LogP contribution in [0.2, 0.25) is 0 Å². The number of nitrogens with one attached hydrogen (secondary N) is 3. The van der Waals surface area contributed by atoms with Crippen molar-refractivity contribution in [3.05, 3.63) is 54.4 Å². The number of alkyl carbamates (subject to hydrolysis) is 1. The summed E-state index contributed by atoms with van der Waals surface area (Å²) in [7, 11) is 1.25. The van der Waals surface area contributed by atoms with Gasteiger partial charge >= 0.3 is 18.5 Å². The Kier molecular flexibility index (Phi) is 12.0. The molecule has 14 nitrogen and oxygen atoms in total. The number of carbonyl (C=O) groups excluding carboxylic acids is 4. The summed E-state index contributed by atoms with van der Waals surface area (Å²) in [6.07, 6.45) is -2.27. The molecule has 3 aromatic carbocycles. The van der Waals surface area contributed by atoms with Crippen molar-refractivity contribution in [3.8, 4) is 16.9 Å². The van der Waals surface area contributed by atoms with Crippen LogP contribution in [0.3, 0.4) is 0 Å². The number of piperazine rings is 1. The first-order valence-electron chi connectivity index (χ1n) is 22.0. The number of hydrogen-bond donors (Lipinski definition) is 3.